The summed E-state index contributed by atoms with van der Waals surface area (Å²) in [7, 11) is 0. The minimum Gasteiger partial charge on any atom is -0.374 e. The Balaban J connectivity index is 3.90. The summed E-state index contributed by atoms with van der Waals surface area (Å²) < 4.78 is 25.2. The van der Waals surface area contributed by atoms with Crippen molar-refractivity contribution in [2.24, 2.45) is 0 Å². The maximum atomic E-state index is 12.6. The summed E-state index contributed by atoms with van der Waals surface area (Å²) in [5.74, 6) is -1.50. The summed E-state index contributed by atoms with van der Waals surface area (Å²) in [5.41, 5.74) is 0. The average molecular weight is 162 g/mol. The molecule has 0 saturated heterocycles. The highest BCUT2D eigenvalue weighted by atomic mass is 19.3. The number of rotatable bonds is 4. The molecule has 0 amide bonds. The lowest BCUT2D eigenvalue weighted by molar-refractivity contribution is -0.0887. The molecule has 0 heterocycles. The molecule has 0 aromatic carbocycles. The van der Waals surface area contributed by atoms with Crippen LogP contribution >= 0.6 is 0 Å². The maximum absolute atomic E-state index is 12.6. The number of halogens is 2. The minimum atomic E-state index is -3.12. The Morgan fingerprint density at radius 2 is 2.18 bits per heavy atom. The van der Waals surface area contributed by atoms with Gasteiger partial charge in [-0.05, 0) is 6.42 Å². The summed E-state index contributed by atoms with van der Waals surface area (Å²) in [6.45, 7) is 1.80. The molecule has 0 bridgehead atoms. The summed E-state index contributed by atoms with van der Waals surface area (Å²) in [5, 5.41) is 8.63. The van der Waals surface area contributed by atoms with Crippen molar-refractivity contribution in [1.82, 2.24) is 0 Å². The molecule has 1 N–H and O–H groups in total. The van der Waals surface area contributed by atoms with Crippen LogP contribution in [-0.2, 0) is 0 Å². The van der Waals surface area contributed by atoms with Gasteiger partial charge in [0.2, 0.25) is 0 Å². The number of hydrogen-bond donors (Lipinski definition) is 1. The summed E-state index contributed by atoms with van der Waals surface area (Å²) >= 11 is 0. The number of unbranched alkanes of at least 4 members (excludes halogenated alkanes) is 1. The molecule has 0 spiro atoms. The second kappa shape index (κ2) is 4.30. The van der Waals surface area contributed by atoms with E-state index in [-0.39, 0.29) is 6.42 Å². The van der Waals surface area contributed by atoms with Crippen molar-refractivity contribution in [2.45, 2.75) is 38.2 Å². The Morgan fingerprint density at radius 3 is 2.55 bits per heavy atom. The topological polar surface area (TPSA) is 20.2 Å². The van der Waals surface area contributed by atoms with Crippen LogP contribution < -0.4 is 0 Å². The average Bonchev–Trinajstić information content (AvgIpc) is 1.99. The summed E-state index contributed by atoms with van der Waals surface area (Å²) in [6.07, 6.45) is 3.43. The highest BCUT2D eigenvalue weighted by molar-refractivity contribution is 5.00. The van der Waals surface area contributed by atoms with Gasteiger partial charge in [0, 0.05) is 6.42 Å². The van der Waals surface area contributed by atoms with Gasteiger partial charge in [-0.1, -0.05) is 19.3 Å². The predicted octanol–water partition coefficient (Wildman–Crippen LogP) is 1.81. The Labute approximate surface area is 65.4 Å². The van der Waals surface area contributed by atoms with Crippen LogP contribution in [0.25, 0.3) is 0 Å². The lowest BCUT2D eigenvalue weighted by atomic mass is 10.1. The standard InChI is InChI=1S/C8H12F2O/c1-3-5-6-8(9,10)7(11)4-2/h2,7,11H,3,5-6H2,1H3. The fourth-order valence-electron chi connectivity index (χ4n) is 0.671. The van der Waals surface area contributed by atoms with E-state index >= 15 is 0 Å². The molecule has 1 unspecified atom stereocenters. The first-order valence-electron chi connectivity index (χ1n) is 3.56. The maximum Gasteiger partial charge on any atom is 0.284 e. The van der Waals surface area contributed by atoms with Crippen LogP contribution in [0.1, 0.15) is 26.2 Å². The van der Waals surface area contributed by atoms with Crippen LogP contribution in [0.2, 0.25) is 0 Å². The van der Waals surface area contributed by atoms with Gasteiger partial charge in [0.1, 0.15) is 0 Å². The highest BCUT2D eigenvalue weighted by Crippen LogP contribution is 2.24. The van der Waals surface area contributed by atoms with Gasteiger partial charge in [0.15, 0.2) is 6.10 Å². The number of alkyl halides is 2. The zero-order chi connectivity index (χ0) is 8.91. The van der Waals surface area contributed by atoms with Crippen molar-refractivity contribution >= 4 is 0 Å². The smallest absolute Gasteiger partial charge is 0.284 e. The normalized spacial score (nSPS) is 14.1. The van der Waals surface area contributed by atoms with Crippen LogP contribution in [0.4, 0.5) is 8.78 Å². The fourth-order valence-corrected chi connectivity index (χ4v) is 0.671. The molecule has 64 valence electrons. The van der Waals surface area contributed by atoms with Crippen LogP contribution in [0.5, 0.6) is 0 Å². The Bertz CT molecular complexity index is 149. The van der Waals surface area contributed by atoms with E-state index in [1.54, 1.807) is 12.8 Å². The molecular weight excluding hydrogens is 150 g/mol. The zero-order valence-corrected chi connectivity index (χ0v) is 6.48. The minimum absolute atomic E-state index is 0.338. The van der Waals surface area contributed by atoms with Crippen molar-refractivity contribution in [3.63, 3.8) is 0 Å². The van der Waals surface area contributed by atoms with E-state index in [4.69, 9.17) is 5.11 Å². The number of aliphatic hydroxyl groups is 1. The molecule has 0 radical (unpaired) electrons. The van der Waals surface area contributed by atoms with Gasteiger partial charge in [-0.15, -0.1) is 6.42 Å². The lowest BCUT2D eigenvalue weighted by Crippen LogP contribution is -2.31. The molecule has 3 heteroatoms. The number of aliphatic hydroxyl groups excluding tert-OH is 1. The van der Waals surface area contributed by atoms with Gasteiger partial charge >= 0.3 is 0 Å². The Morgan fingerprint density at radius 1 is 1.64 bits per heavy atom. The second-order valence-corrected chi connectivity index (χ2v) is 2.43. The molecule has 0 aliphatic heterocycles. The lowest BCUT2D eigenvalue weighted by Gasteiger charge is -2.17. The van der Waals surface area contributed by atoms with E-state index in [1.807, 2.05) is 0 Å². The third-order valence-corrected chi connectivity index (χ3v) is 1.42. The number of terminal acetylenes is 1. The molecule has 11 heavy (non-hydrogen) atoms. The van der Waals surface area contributed by atoms with E-state index in [1.165, 1.54) is 0 Å². The van der Waals surface area contributed by atoms with E-state index in [9.17, 15) is 8.78 Å². The van der Waals surface area contributed by atoms with Gasteiger partial charge < -0.3 is 5.11 Å². The third kappa shape index (κ3) is 3.33. The monoisotopic (exact) mass is 162 g/mol. The van der Waals surface area contributed by atoms with Gasteiger partial charge in [-0.25, -0.2) is 8.78 Å². The van der Waals surface area contributed by atoms with Crippen LogP contribution in [0, 0.1) is 12.3 Å². The Kier molecular flexibility index (Phi) is 4.06. The van der Waals surface area contributed by atoms with E-state index in [2.05, 4.69) is 6.42 Å². The summed E-state index contributed by atoms with van der Waals surface area (Å²) in [4.78, 5) is 0. The van der Waals surface area contributed by atoms with Crippen molar-refractivity contribution in [1.29, 1.82) is 0 Å². The van der Waals surface area contributed by atoms with Gasteiger partial charge in [0.05, 0.1) is 0 Å². The van der Waals surface area contributed by atoms with Crippen LogP contribution in [-0.4, -0.2) is 17.1 Å². The quantitative estimate of drug-likeness (QED) is 0.625. The van der Waals surface area contributed by atoms with E-state index in [0.29, 0.717) is 12.8 Å². The van der Waals surface area contributed by atoms with Crippen molar-refractivity contribution in [3.05, 3.63) is 0 Å². The molecular formula is C8H12F2O. The first-order valence-corrected chi connectivity index (χ1v) is 3.56. The van der Waals surface area contributed by atoms with Gasteiger partial charge in [-0.2, -0.15) is 0 Å². The largest absolute Gasteiger partial charge is 0.374 e. The summed E-state index contributed by atoms with van der Waals surface area (Å²) in [6, 6.07) is 0. The SMILES string of the molecule is C#CC(O)C(F)(F)CCCC. The van der Waals surface area contributed by atoms with Crippen molar-refractivity contribution in [3.8, 4) is 12.3 Å². The number of hydrogen-bond acceptors (Lipinski definition) is 1. The highest BCUT2D eigenvalue weighted by Gasteiger charge is 2.35. The third-order valence-electron chi connectivity index (χ3n) is 1.42. The fraction of sp³-hybridized carbons (Fsp3) is 0.750. The molecule has 0 rings (SSSR count). The molecule has 1 nitrogen and oxygen atoms in total. The molecule has 1 atom stereocenters. The zero-order valence-electron chi connectivity index (χ0n) is 6.48. The molecule has 0 aromatic rings. The second-order valence-electron chi connectivity index (χ2n) is 2.43. The van der Waals surface area contributed by atoms with E-state index < -0.39 is 12.0 Å². The van der Waals surface area contributed by atoms with Gasteiger partial charge in [-0.3, -0.25) is 0 Å². The van der Waals surface area contributed by atoms with E-state index in [0.717, 1.165) is 0 Å². The predicted molar refractivity (Wildman–Crippen MR) is 39.3 cm³/mol. The first kappa shape index (κ1) is 10.4. The van der Waals surface area contributed by atoms with Gasteiger partial charge in [0.25, 0.3) is 5.92 Å². The van der Waals surface area contributed by atoms with Crippen LogP contribution in [0.3, 0.4) is 0 Å². The first-order chi connectivity index (χ1) is 5.04. The van der Waals surface area contributed by atoms with Crippen LogP contribution in [0.15, 0.2) is 0 Å². The molecule has 0 fully saturated rings. The Hall–Kier alpha value is -0.620. The molecule has 0 saturated carbocycles. The van der Waals surface area contributed by atoms with Crippen molar-refractivity contribution in [2.75, 3.05) is 0 Å². The molecule has 0 aliphatic rings. The molecule has 0 aromatic heterocycles. The molecule has 0 aliphatic carbocycles. The van der Waals surface area contributed by atoms with Crippen molar-refractivity contribution < 1.29 is 13.9 Å².